The Kier molecular flexibility index (Phi) is 5.12. The minimum atomic E-state index is -1.19. The molecular weight excluding hydrogens is 204 g/mol. The van der Waals surface area contributed by atoms with Gasteiger partial charge in [-0.05, 0) is 30.2 Å². The van der Waals surface area contributed by atoms with Gasteiger partial charge in [0.2, 0.25) is 0 Å². The molecular formula is C13H15O3-. The number of ether oxygens (including phenoxy) is 1. The lowest BCUT2D eigenvalue weighted by atomic mass is 10.2. The van der Waals surface area contributed by atoms with E-state index in [4.69, 9.17) is 4.74 Å². The van der Waals surface area contributed by atoms with Gasteiger partial charge in [-0.3, -0.25) is 0 Å². The maximum absolute atomic E-state index is 10.2. The van der Waals surface area contributed by atoms with Gasteiger partial charge in [-0.2, -0.15) is 0 Å². The number of carboxylic acids is 1. The summed E-state index contributed by atoms with van der Waals surface area (Å²) in [5.74, 6) is -0.387. The molecule has 0 bridgehead atoms. The van der Waals surface area contributed by atoms with E-state index in [-0.39, 0.29) is 0 Å². The van der Waals surface area contributed by atoms with Crippen LogP contribution in [0.15, 0.2) is 30.3 Å². The standard InChI is InChI=1S/C13H16O3/c1-2-3-10-16-12-7-4-11(5-8-12)6-9-13(14)15/h4-9H,2-3,10H2,1H3,(H,14,15)/p-1/b9-6+. The monoisotopic (exact) mass is 219 g/mol. The largest absolute Gasteiger partial charge is 0.545 e. The average Bonchev–Trinajstić information content (AvgIpc) is 2.28. The molecule has 0 spiro atoms. The number of rotatable bonds is 6. The summed E-state index contributed by atoms with van der Waals surface area (Å²) < 4.78 is 5.47. The van der Waals surface area contributed by atoms with E-state index in [2.05, 4.69) is 6.92 Å². The molecule has 0 saturated heterocycles. The molecule has 0 aliphatic carbocycles. The second-order valence-electron chi connectivity index (χ2n) is 3.42. The highest BCUT2D eigenvalue weighted by molar-refractivity contribution is 5.83. The van der Waals surface area contributed by atoms with Crippen LogP contribution in [0.2, 0.25) is 0 Å². The zero-order valence-corrected chi connectivity index (χ0v) is 9.31. The maximum Gasteiger partial charge on any atom is 0.119 e. The SMILES string of the molecule is CCCCOc1ccc(/C=C/C(=O)[O-])cc1. The predicted octanol–water partition coefficient (Wildman–Crippen LogP) is 1.63. The van der Waals surface area contributed by atoms with Gasteiger partial charge in [0.1, 0.15) is 5.75 Å². The number of carboxylic acid groups (broad SMARTS) is 1. The van der Waals surface area contributed by atoms with E-state index < -0.39 is 5.97 Å². The van der Waals surface area contributed by atoms with Gasteiger partial charge in [-0.15, -0.1) is 0 Å². The molecule has 1 aromatic carbocycles. The minimum absolute atomic E-state index is 0.713. The molecule has 0 aliphatic rings. The third kappa shape index (κ3) is 4.64. The highest BCUT2D eigenvalue weighted by Gasteiger charge is 1.92. The van der Waals surface area contributed by atoms with Crippen LogP contribution in [-0.2, 0) is 4.79 Å². The summed E-state index contributed by atoms with van der Waals surface area (Å²) in [6, 6.07) is 7.26. The average molecular weight is 219 g/mol. The van der Waals surface area contributed by atoms with Crippen molar-refractivity contribution in [1.29, 1.82) is 0 Å². The number of aliphatic carboxylic acids is 1. The molecule has 0 amide bonds. The molecule has 1 rings (SSSR count). The van der Waals surface area contributed by atoms with Gasteiger partial charge in [0.25, 0.3) is 0 Å². The van der Waals surface area contributed by atoms with Crippen LogP contribution in [0, 0.1) is 0 Å². The van der Waals surface area contributed by atoms with Crippen molar-refractivity contribution in [2.24, 2.45) is 0 Å². The Morgan fingerprint density at radius 3 is 2.62 bits per heavy atom. The van der Waals surface area contributed by atoms with Crippen molar-refractivity contribution in [3.63, 3.8) is 0 Å². The van der Waals surface area contributed by atoms with Crippen molar-refractivity contribution in [2.45, 2.75) is 19.8 Å². The van der Waals surface area contributed by atoms with Crippen LogP contribution >= 0.6 is 0 Å². The topological polar surface area (TPSA) is 49.4 Å². The molecule has 0 aliphatic heterocycles. The molecule has 0 unspecified atom stereocenters. The van der Waals surface area contributed by atoms with Crippen LogP contribution in [-0.4, -0.2) is 12.6 Å². The third-order valence-corrected chi connectivity index (χ3v) is 2.06. The van der Waals surface area contributed by atoms with Gasteiger partial charge in [-0.1, -0.05) is 31.6 Å². The summed E-state index contributed by atoms with van der Waals surface area (Å²) in [7, 11) is 0. The van der Waals surface area contributed by atoms with E-state index in [1.807, 2.05) is 12.1 Å². The van der Waals surface area contributed by atoms with Gasteiger partial charge < -0.3 is 14.6 Å². The molecule has 0 heterocycles. The van der Waals surface area contributed by atoms with Gasteiger partial charge in [0, 0.05) is 0 Å². The first-order valence-corrected chi connectivity index (χ1v) is 5.34. The quantitative estimate of drug-likeness (QED) is 0.539. The summed E-state index contributed by atoms with van der Waals surface area (Å²) in [5.41, 5.74) is 0.812. The van der Waals surface area contributed by atoms with E-state index >= 15 is 0 Å². The fourth-order valence-electron chi connectivity index (χ4n) is 1.17. The number of benzene rings is 1. The normalized spacial score (nSPS) is 10.6. The number of carbonyl (C=O) groups excluding carboxylic acids is 1. The zero-order valence-electron chi connectivity index (χ0n) is 9.31. The fourth-order valence-corrected chi connectivity index (χ4v) is 1.17. The summed E-state index contributed by atoms with van der Waals surface area (Å²) in [6.45, 7) is 2.82. The second-order valence-corrected chi connectivity index (χ2v) is 3.42. The van der Waals surface area contributed by atoms with Crippen LogP contribution in [0.3, 0.4) is 0 Å². The van der Waals surface area contributed by atoms with Crippen molar-refractivity contribution in [1.82, 2.24) is 0 Å². The minimum Gasteiger partial charge on any atom is -0.545 e. The van der Waals surface area contributed by atoms with Crippen molar-refractivity contribution >= 4 is 12.0 Å². The highest BCUT2D eigenvalue weighted by atomic mass is 16.5. The lowest BCUT2D eigenvalue weighted by molar-refractivity contribution is -0.297. The Balaban J connectivity index is 2.51. The van der Waals surface area contributed by atoms with Crippen molar-refractivity contribution < 1.29 is 14.6 Å². The second kappa shape index (κ2) is 6.67. The van der Waals surface area contributed by atoms with Gasteiger partial charge in [0.05, 0.1) is 12.6 Å². The molecule has 0 radical (unpaired) electrons. The molecule has 3 heteroatoms. The van der Waals surface area contributed by atoms with Gasteiger partial charge >= 0.3 is 0 Å². The Morgan fingerprint density at radius 2 is 2.06 bits per heavy atom. The Hall–Kier alpha value is -1.77. The van der Waals surface area contributed by atoms with E-state index in [1.165, 1.54) is 6.08 Å². The number of hydrogen-bond donors (Lipinski definition) is 0. The summed E-state index contributed by atoms with van der Waals surface area (Å²) in [6.07, 6.45) is 4.64. The molecule has 0 N–H and O–H groups in total. The molecule has 3 nitrogen and oxygen atoms in total. The highest BCUT2D eigenvalue weighted by Crippen LogP contribution is 2.13. The molecule has 0 fully saturated rings. The number of unbranched alkanes of at least 4 members (excludes halogenated alkanes) is 1. The van der Waals surface area contributed by atoms with Gasteiger partial charge in [-0.25, -0.2) is 0 Å². The summed E-state index contributed by atoms with van der Waals surface area (Å²) in [5, 5.41) is 10.2. The molecule has 1 aromatic rings. The van der Waals surface area contributed by atoms with E-state index in [9.17, 15) is 9.90 Å². The van der Waals surface area contributed by atoms with E-state index in [0.29, 0.717) is 6.61 Å². The van der Waals surface area contributed by atoms with E-state index in [0.717, 1.165) is 30.2 Å². The first-order valence-electron chi connectivity index (χ1n) is 5.34. The van der Waals surface area contributed by atoms with Crippen molar-refractivity contribution in [2.75, 3.05) is 6.61 Å². The lowest BCUT2D eigenvalue weighted by Crippen LogP contribution is -2.18. The Morgan fingerprint density at radius 1 is 1.38 bits per heavy atom. The van der Waals surface area contributed by atoms with Crippen LogP contribution in [0.5, 0.6) is 5.75 Å². The Bertz CT molecular complexity index is 352. The van der Waals surface area contributed by atoms with Crippen molar-refractivity contribution in [3.05, 3.63) is 35.9 Å². The first kappa shape index (κ1) is 12.3. The van der Waals surface area contributed by atoms with Crippen LogP contribution < -0.4 is 9.84 Å². The molecule has 16 heavy (non-hydrogen) atoms. The van der Waals surface area contributed by atoms with E-state index in [1.54, 1.807) is 12.1 Å². The molecule has 86 valence electrons. The molecule has 0 atom stereocenters. The smallest absolute Gasteiger partial charge is 0.119 e. The maximum atomic E-state index is 10.2. The Labute approximate surface area is 95.4 Å². The van der Waals surface area contributed by atoms with Crippen LogP contribution in [0.4, 0.5) is 0 Å². The fraction of sp³-hybridized carbons (Fsp3) is 0.308. The zero-order chi connectivity index (χ0) is 11.8. The molecule has 0 saturated carbocycles. The number of hydrogen-bond acceptors (Lipinski definition) is 3. The van der Waals surface area contributed by atoms with Gasteiger partial charge in [0.15, 0.2) is 0 Å². The lowest BCUT2D eigenvalue weighted by Gasteiger charge is -2.05. The third-order valence-electron chi connectivity index (χ3n) is 2.06. The van der Waals surface area contributed by atoms with Crippen LogP contribution in [0.25, 0.3) is 6.08 Å². The summed E-state index contributed by atoms with van der Waals surface area (Å²) in [4.78, 5) is 10.2. The van der Waals surface area contributed by atoms with Crippen LogP contribution in [0.1, 0.15) is 25.3 Å². The van der Waals surface area contributed by atoms with Crippen molar-refractivity contribution in [3.8, 4) is 5.75 Å². The summed E-state index contributed by atoms with van der Waals surface area (Å²) >= 11 is 0. The first-order chi connectivity index (χ1) is 7.72. The predicted molar refractivity (Wildman–Crippen MR) is 60.9 cm³/mol. The molecule has 0 aromatic heterocycles. The number of carbonyl (C=O) groups is 1.